The molecule has 1 saturated carbocycles. The topological polar surface area (TPSA) is 46.2 Å². The largest absolute Gasteiger partial charge is 0.388 e. The average Bonchev–Trinajstić information content (AvgIpc) is 2.91. The van der Waals surface area contributed by atoms with Crippen molar-refractivity contribution in [3.05, 3.63) is 34.9 Å². The number of halogens is 1. The highest BCUT2D eigenvalue weighted by Crippen LogP contribution is 2.59. The molecule has 0 spiro atoms. The van der Waals surface area contributed by atoms with Crippen LogP contribution in [-0.4, -0.2) is 11.7 Å². The van der Waals surface area contributed by atoms with Crippen LogP contribution in [0.2, 0.25) is 5.02 Å². The number of aliphatic hydroxyl groups excluding tert-OH is 1. The third-order valence-electron chi connectivity index (χ3n) is 3.62. The van der Waals surface area contributed by atoms with E-state index in [1.807, 2.05) is 12.1 Å². The summed E-state index contributed by atoms with van der Waals surface area (Å²) in [5, 5.41) is 10.9. The second-order valence-electron chi connectivity index (χ2n) is 4.50. The van der Waals surface area contributed by atoms with Crippen molar-refractivity contribution in [2.75, 3.05) is 6.54 Å². The highest BCUT2D eigenvalue weighted by atomic mass is 35.5. The summed E-state index contributed by atoms with van der Waals surface area (Å²) in [6.07, 6.45) is 0.544. The van der Waals surface area contributed by atoms with Crippen molar-refractivity contribution in [2.45, 2.75) is 19.4 Å². The van der Waals surface area contributed by atoms with Gasteiger partial charge in [-0.15, -0.1) is 0 Å². The van der Waals surface area contributed by atoms with Crippen molar-refractivity contribution in [2.24, 2.45) is 17.1 Å². The van der Waals surface area contributed by atoms with E-state index in [4.69, 9.17) is 17.3 Å². The van der Waals surface area contributed by atoms with E-state index in [-0.39, 0.29) is 5.41 Å². The Hall–Kier alpha value is -0.570. The first-order chi connectivity index (χ1) is 7.10. The number of benzene rings is 1. The van der Waals surface area contributed by atoms with Gasteiger partial charge in [0.15, 0.2) is 0 Å². The first-order valence-electron chi connectivity index (χ1n) is 5.24. The Kier molecular flexibility index (Phi) is 2.75. The number of hydrogen-bond donors (Lipinski definition) is 2. The third-order valence-corrected chi connectivity index (χ3v) is 3.87. The normalized spacial score (nSPS) is 31.3. The fourth-order valence-electron chi connectivity index (χ4n) is 2.27. The van der Waals surface area contributed by atoms with Crippen molar-refractivity contribution in [1.82, 2.24) is 0 Å². The summed E-state index contributed by atoms with van der Waals surface area (Å²) in [5.41, 5.74) is 6.55. The van der Waals surface area contributed by atoms with E-state index in [0.29, 0.717) is 17.5 Å². The third kappa shape index (κ3) is 1.78. The van der Waals surface area contributed by atoms with Crippen LogP contribution in [0.3, 0.4) is 0 Å². The Morgan fingerprint density at radius 3 is 2.47 bits per heavy atom. The van der Waals surface area contributed by atoms with Gasteiger partial charge in [0.05, 0.1) is 6.10 Å². The fraction of sp³-hybridized carbons (Fsp3) is 0.500. The maximum atomic E-state index is 10.2. The highest BCUT2D eigenvalue weighted by Gasteiger charge is 2.55. The van der Waals surface area contributed by atoms with Crippen LogP contribution < -0.4 is 5.73 Å². The zero-order valence-electron chi connectivity index (χ0n) is 8.78. The van der Waals surface area contributed by atoms with Gasteiger partial charge in [0.25, 0.3) is 0 Å². The molecule has 1 aliphatic rings. The molecule has 0 heterocycles. The Balaban J connectivity index is 2.21. The van der Waals surface area contributed by atoms with Gasteiger partial charge in [0, 0.05) is 17.0 Å². The zero-order valence-corrected chi connectivity index (χ0v) is 9.54. The summed E-state index contributed by atoms with van der Waals surface area (Å²) >= 11 is 5.80. The zero-order chi connectivity index (χ0) is 11.1. The van der Waals surface area contributed by atoms with Crippen molar-refractivity contribution in [3.8, 4) is 0 Å². The van der Waals surface area contributed by atoms with Crippen LogP contribution in [0, 0.1) is 11.3 Å². The van der Waals surface area contributed by atoms with E-state index in [1.54, 1.807) is 12.1 Å². The van der Waals surface area contributed by atoms with Crippen LogP contribution in [0.15, 0.2) is 24.3 Å². The Morgan fingerprint density at radius 2 is 2.07 bits per heavy atom. The quantitative estimate of drug-likeness (QED) is 0.830. The molecule has 0 aliphatic heterocycles. The molecule has 3 atom stereocenters. The molecule has 1 fully saturated rings. The molecule has 82 valence electrons. The Labute approximate surface area is 95.1 Å². The summed E-state index contributed by atoms with van der Waals surface area (Å²) < 4.78 is 0. The minimum Gasteiger partial charge on any atom is -0.388 e. The Morgan fingerprint density at radius 1 is 1.53 bits per heavy atom. The lowest BCUT2D eigenvalue weighted by Gasteiger charge is -2.22. The summed E-state index contributed by atoms with van der Waals surface area (Å²) in [6, 6.07) is 7.35. The van der Waals surface area contributed by atoms with Gasteiger partial charge >= 0.3 is 0 Å². The van der Waals surface area contributed by atoms with Gasteiger partial charge in [-0.05, 0) is 30.0 Å². The van der Waals surface area contributed by atoms with Gasteiger partial charge in [0.2, 0.25) is 0 Å². The van der Waals surface area contributed by atoms with Crippen LogP contribution in [0.1, 0.15) is 25.0 Å². The van der Waals surface area contributed by atoms with Crippen LogP contribution in [-0.2, 0) is 0 Å². The second kappa shape index (κ2) is 3.78. The number of hydrogen-bond acceptors (Lipinski definition) is 2. The summed E-state index contributed by atoms with van der Waals surface area (Å²) in [5.74, 6) is 0.508. The maximum Gasteiger partial charge on any atom is 0.0860 e. The summed E-state index contributed by atoms with van der Waals surface area (Å²) in [6.45, 7) is 2.67. The second-order valence-corrected chi connectivity index (χ2v) is 4.93. The number of aliphatic hydroxyl groups is 1. The highest BCUT2D eigenvalue weighted by molar-refractivity contribution is 6.30. The van der Waals surface area contributed by atoms with Gasteiger partial charge < -0.3 is 10.8 Å². The molecule has 3 heteroatoms. The van der Waals surface area contributed by atoms with Gasteiger partial charge in [0.1, 0.15) is 0 Å². The van der Waals surface area contributed by atoms with Crippen molar-refractivity contribution < 1.29 is 5.11 Å². The molecule has 15 heavy (non-hydrogen) atoms. The standard InChI is InChI=1S/C12H16ClNO/c1-8-6-12(8,7-14)11(15)9-2-4-10(13)5-3-9/h2-5,8,11,15H,6-7,14H2,1H3/t8-,11+,12-/m1/s1. The van der Waals surface area contributed by atoms with Gasteiger partial charge in [-0.25, -0.2) is 0 Å². The van der Waals surface area contributed by atoms with Gasteiger partial charge in [-0.1, -0.05) is 30.7 Å². The molecule has 2 nitrogen and oxygen atoms in total. The molecule has 0 aromatic heterocycles. The van der Waals surface area contributed by atoms with E-state index >= 15 is 0 Å². The molecular formula is C12H16ClNO. The molecule has 3 N–H and O–H groups in total. The predicted molar refractivity (Wildman–Crippen MR) is 61.7 cm³/mol. The SMILES string of the molecule is C[C@@H]1C[C@]1(CN)[C@@H](O)c1ccc(Cl)cc1. The van der Waals surface area contributed by atoms with Crippen LogP contribution in [0.4, 0.5) is 0 Å². The molecular weight excluding hydrogens is 210 g/mol. The van der Waals surface area contributed by atoms with Gasteiger partial charge in [-0.3, -0.25) is 0 Å². The molecule has 0 saturated heterocycles. The van der Waals surface area contributed by atoms with Crippen molar-refractivity contribution in [3.63, 3.8) is 0 Å². The first-order valence-corrected chi connectivity index (χ1v) is 5.61. The van der Waals surface area contributed by atoms with Crippen LogP contribution in [0.25, 0.3) is 0 Å². The Bertz CT molecular complexity index is 347. The minimum absolute atomic E-state index is 0.103. The predicted octanol–water partition coefficient (Wildman–Crippen LogP) is 2.36. The molecule has 2 rings (SSSR count). The monoisotopic (exact) mass is 225 g/mol. The molecule has 0 radical (unpaired) electrons. The minimum atomic E-state index is -0.463. The van der Waals surface area contributed by atoms with Gasteiger partial charge in [-0.2, -0.15) is 0 Å². The van der Waals surface area contributed by atoms with Crippen molar-refractivity contribution in [1.29, 1.82) is 0 Å². The first kappa shape index (κ1) is 10.9. The van der Waals surface area contributed by atoms with E-state index in [1.165, 1.54) is 0 Å². The maximum absolute atomic E-state index is 10.2. The summed E-state index contributed by atoms with van der Waals surface area (Å²) in [7, 11) is 0. The average molecular weight is 226 g/mol. The molecule has 1 aliphatic carbocycles. The smallest absolute Gasteiger partial charge is 0.0860 e. The van der Waals surface area contributed by atoms with Crippen LogP contribution in [0.5, 0.6) is 0 Å². The summed E-state index contributed by atoms with van der Waals surface area (Å²) in [4.78, 5) is 0. The van der Waals surface area contributed by atoms with E-state index in [0.717, 1.165) is 12.0 Å². The van der Waals surface area contributed by atoms with Crippen LogP contribution >= 0.6 is 11.6 Å². The lowest BCUT2D eigenvalue weighted by Crippen LogP contribution is -2.25. The van der Waals surface area contributed by atoms with E-state index in [2.05, 4.69) is 6.92 Å². The molecule has 0 bridgehead atoms. The van der Waals surface area contributed by atoms with Crippen molar-refractivity contribution >= 4 is 11.6 Å². The number of nitrogens with two attached hydrogens (primary N) is 1. The fourth-order valence-corrected chi connectivity index (χ4v) is 2.39. The van der Waals surface area contributed by atoms with E-state index in [9.17, 15) is 5.11 Å². The molecule has 0 amide bonds. The molecule has 1 aromatic carbocycles. The number of rotatable bonds is 3. The van der Waals surface area contributed by atoms with E-state index < -0.39 is 6.10 Å². The molecule has 0 unspecified atom stereocenters. The lowest BCUT2D eigenvalue weighted by atomic mass is 9.91. The lowest BCUT2D eigenvalue weighted by molar-refractivity contribution is 0.0889. The molecule has 1 aromatic rings.